The van der Waals surface area contributed by atoms with Crippen molar-refractivity contribution in [3.8, 4) is 5.75 Å². The van der Waals surface area contributed by atoms with Gasteiger partial charge in [-0.3, -0.25) is 4.68 Å². The molecule has 3 aromatic rings. The van der Waals surface area contributed by atoms with Crippen molar-refractivity contribution in [2.24, 2.45) is 7.05 Å². The first-order chi connectivity index (χ1) is 10.2. The summed E-state index contributed by atoms with van der Waals surface area (Å²) in [6, 6.07) is 11.9. The van der Waals surface area contributed by atoms with E-state index < -0.39 is 6.10 Å². The van der Waals surface area contributed by atoms with Crippen molar-refractivity contribution >= 4 is 10.8 Å². The van der Waals surface area contributed by atoms with E-state index in [0.717, 1.165) is 22.2 Å². The van der Waals surface area contributed by atoms with Crippen LogP contribution in [0, 0.1) is 0 Å². The van der Waals surface area contributed by atoms with E-state index in [2.05, 4.69) is 10.1 Å². The van der Waals surface area contributed by atoms with Gasteiger partial charge in [0.05, 0.1) is 6.10 Å². The summed E-state index contributed by atoms with van der Waals surface area (Å²) in [6.07, 6.45) is 0.904. The molecule has 0 saturated carbocycles. The van der Waals surface area contributed by atoms with Crippen LogP contribution < -0.4 is 4.74 Å². The molecule has 0 aliphatic rings. The third-order valence-corrected chi connectivity index (χ3v) is 3.51. The summed E-state index contributed by atoms with van der Waals surface area (Å²) in [4.78, 5) is 4.15. The van der Waals surface area contributed by atoms with Gasteiger partial charge in [-0.2, -0.15) is 5.10 Å². The number of ether oxygens (including phenoxy) is 1. The first-order valence-corrected chi connectivity index (χ1v) is 6.82. The summed E-state index contributed by atoms with van der Waals surface area (Å²) >= 11 is 0. The second-order valence-electron chi connectivity index (χ2n) is 4.97. The standard InChI is InChI=1S/C16H17N3O2/c1-11(20)13-8-7-12-5-3-4-6-14(12)16(13)21-9-15-17-10-18-19(15)2/h3-8,10-11,20H,9H2,1-2H3/t11-/m0/s1. The Kier molecular flexibility index (Phi) is 3.58. The minimum atomic E-state index is -0.593. The van der Waals surface area contributed by atoms with Crippen LogP contribution in [0.2, 0.25) is 0 Å². The maximum absolute atomic E-state index is 9.96. The molecule has 5 heteroatoms. The van der Waals surface area contributed by atoms with E-state index in [4.69, 9.17) is 4.74 Å². The molecule has 0 spiro atoms. The highest BCUT2D eigenvalue weighted by atomic mass is 16.5. The Morgan fingerprint density at radius 1 is 1.24 bits per heavy atom. The summed E-state index contributed by atoms with van der Waals surface area (Å²) in [5.41, 5.74) is 0.774. The van der Waals surface area contributed by atoms with Gasteiger partial charge < -0.3 is 9.84 Å². The van der Waals surface area contributed by atoms with E-state index in [1.807, 2.05) is 43.4 Å². The highest BCUT2D eigenvalue weighted by Crippen LogP contribution is 2.34. The first kappa shape index (κ1) is 13.6. The van der Waals surface area contributed by atoms with E-state index >= 15 is 0 Å². The van der Waals surface area contributed by atoms with Gasteiger partial charge in [0.25, 0.3) is 0 Å². The molecule has 0 amide bonds. The van der Waals surface area contributed by atoms with Crippen molar-refractivity contribution in [2.45, 2.75) is 19.6 Å². The van der Waals surface area contributed by atoms with E-state index in [1.54, 1.807) is 11.6 Å². The zero-order valence-electron chi connectivity index (χ0n) is 12.0. The number of hydrogen-bond donors (Lipinski definition) is 1. The fourth-order valence-electron chi connectivity index (χ4n) is 2.34. The lowest BCUT2D eigenvalue weighted by molar-refractivity contribution is 0.190. The Morgan fingerprint density at radius 2 is 2.05 bits per heavy atom. The first-order valence-electron chi connectivity index (χ1n) is 6.82. The normalized spacial score (nSPS) is 12.5. The number of hydrogen-bond acceptors (Lipinski definition) is 4. The number of aliphatic hydroxyl groups is 1. The predicted octanol–water partition coefficient (Wildman–Crippen LogP) is 2.60. The number of rotatable bonds is 4. The monoisotopic (exact) mass is 283 g/mol. The highest BCUT2D eigenvalue weighted by Gasteiger charge is 2.14. The number of aryl methyl sites for hydroxylation is 1. The number of fused-ring (bicyclic) bond motifs is 1. The molecule has 0 saturated heterocycles. The summed E-state index contributed by atoms with van der Waals surface area (Å²) in [7, 11) is 1.82. The van der Waals surface area contributed by atoms with Crippen LogP contribution in [-0.4, -0.2) is 19.9 Å². The molecule has 0 fully saturated rings. The highest BCUT2D eigenvalue weighted by molar-refractivity contribution is 5.89. The molecule has 2 aromatic carbocycles. The van der Waals surface area contributed by atoms with Crippen LogP contribution >= 0.6 is 0 Å². The van der Waals surface area contributed by atoms with Gasteiger partial charge in [0.2, 0.25) is 0 Å². The van der Waals surface area contributed by atoms with Gasteiger partial charge in [-0.15, -0.1) is 0 Å². The molecular formula is C16H17N3O2. The molecule has 0 radical (unpaired) electrons. The number of benzene rings is 2. The van der Waals surface area contributed by atoms with Crippen molar-refractivity contribution in [2.75, 3.05) is 0 Å². The van der Waals surface area contributed by atoms with Gasteiger partial charge in [0.1, 0.15) is 18.7 Å². The molecule has 21 heavy (non-hydrogen) atoms. The van der Waals surface area contributed by atoms with Crippen LogP contribution in [0.5, 0.6) is 5.75 Å². The Bertz CT molecular complexity index is 765. The van der Waals surface area contributed by atoms with Crippen molar-refractivity contribution < 1.29 is 9.84 Å². The van der Waals surface area contributed by atoms with Crippen LogP contribution in [0.15, 0.2) is 42.7 Å². The minimum Gasteiger partial charge on any atom is -0.485 e. The van der Waals surface area contributed by atoms with E-state index in [0.29, 0.717) is 12.4 Å². The third kappa shape index (κ3) is 2.60. The maximum Gasteiger partial charge on any atom is 0.164 e. The predicted molar refractivity (Wildman–Crippen MR) is 79.9 cm³/mol. The number of aliphatic hydroxyl groups excluding tert-OH is 1. The van der Waals surface area contributed by atoms with Crippen LogP contribution in [0.4, 0.5) is 0 Å². The fraction of sp³-hybridized carbons (Fsp3) is 0.250. The van der Waals surface area contributed by atoms with Crippen molar-refractivity contribution in [1.29, 1.82) is 0 Å². The average molecular weight is 283 g/mol. The van der Waals surface area contributed by atoms with Gasteiger partial charge in [-0.1, -0.05) is 36.4 Å². The molecule has 1 N–H and O–H groups in total. The van der Waals surface area contributed by atoms with Gasteiger partial charge in [-0.25, -0.2) is 4.98 Å². The Balaban J connectivity index is 2.02. The molecule has 5 nitrogen and oxygen atoms in total. The Morgan fingerprint density at radius 3 is 2.76 bits per heavy atom. The number of nitrogens with zero attached hydrogens (tertiary/aromatic N) is 3. The molecule has 0 aliphatic heterocycles. The second-order valence-corrected chi connectivity index (χ2v) is 4.97. The van der Waals surface area contributed by atoms with Gasteiger partial charge in [0, 0.05) is 18.0 Å². The van der Waals surface area contributed by atoms with Gasteiger partial charge in [0.15, 0.2) is 5.82 Å². The fourth-order valence-corrected chi connectivity index (χ4v) is 2.34. The molecule has 1 atom stereocenters. The number of aromatic nitrogens is 3. The molecule has 0 aliphatic carbocycles. The van der Waals surface area contributed by atoms with E-state index in [9.17, 15) is 5.11 Å². The van der Waals surface area contributed by atoms with Crippen LogP contribution in [0.1, 0.15) is 24.4 Å². The minimum absolute atomic E-state index is 0.310. The molecule has 1 heterocycles. The van der Waals surface area contributed by atoms with E-state index in [1.165, 1.54) is 6.33 Å². The quantitative estimate of drug-likeness (QED) is 0.799. The summed E-state index contributed by atoms with van der Waals surface area (Å²) in [5, 5.41) is 16.1. The largest absolute Gasteiger partial charge is 0.485 e. The lowest BCUT2D eigenvalue weighted by Gasteiger charge is -2.16. The summed E-state index contributed by atoms with van der Waals surface area (Å²) in [6.45, 7) is 2.05. The van der Waals surface area contributed by atoms with Crippen molar-refractivity contribution in [3.05, 3.63) is 54.1 Å². The third-order valence-electron chi connectivity index (χ3n) is 3.51. The molecule has 0 unspecified atom stereocenters. The SMILES string of the molecule is C[C@H](O)c1ccc2ccccc2c1OCc1ncnn1C. The molecular weight excluding hydrogens is 266 g/mol. The van der Waals surface area contributed by atoms with E-state index in [-0.39, 0.29) is 0 Å². The van der Waals surface area contributed by atoms with Crippen molar-refractivity contribution in [1.82, 2.24) is 14.8 Å². The molecule has 0 bridgehead atoms. The topological polar surface area (TPSA) is 60.2 Å². The molecule has 108 valence electrons. The van der Waals surface area contributed by atoms with Crippen LogP contribution in [0.25, 0.3) is 10.8 Å². The van der Waals surface area contributed by atoms with Crippen molar-refractivity contribution in [3.63, 3.8) is 0 Å². The second kappa shape index (κ2) is 5.54. The lowest BCUT2D eigenvalue weighted by atomic mass is 10.0. The summed E-state index contributed by atoms with van der Waals surface area (Å²) < 4.78 is 7.63. The Hall–Kier alpha value is -2.40. The summed E-state index contributed by atoms with van der Waals surface area (Å²) in [5.74, 6) is 1.44. The zero-order chi connectivity index (χ0) is 14.8. The van der Waals surface area contributed by atoms with Gasteiger partial charge in [-0.05, 0) is 12.3 Å². The zero-order valence-corrected chi connectivity index (χ0v) is 12.0. The smallest absolute Gasteiger partial charge is 0.164 e. The van der Waals surface area contributed by atoms with Crippen LogP contribution in [-0.2, 0) is 13.7 Å². The maximum atomic E-state index is 9.96. The van der Waals surface area contributed by atoms with Crippen LogP contribution in [0.3, 0.4) is 0 Å². The molecule has 1 aromatic heterocycles. The van der Waals surface area contributed by atoms with Gasteiger partial charge >= 0.3 is 0 Å². The Labute approximate surface area is 122 Å². The average Bonchev–Trinajstić information content (AvgIpc) is 2.89. The molecule has 3 rings (SSSR count). The lowest BCUT2D eigenvalue weighted by Crippen LogP contribution is -2.07.